The first-order chi connectivity index (χ1) is 24.0. The number of fused-ring (bicyclic) bond motifs is 2. The Morgan fingerprint density at radius 2 is 1.10 bits per heavy atom. The molecule has 6 nitrogen and oxygen atoms in total. The van der Waals surface area contributed by atoms with Gasteiger partial charge in [0, 0.05) is 35.1 Å². The average Bonchev–Trinajstić information content (AvgIpc) is 3.68. The molecule has 0 saturated heterocycles. The first-order valence-corrected chi connectivity index (χ1v) is 17.9. The van der Waals surface area contributed by atoms with Gasteiger partial charge in [0.25, 0.3) is 0 Å². The Labute approximate surface area is 326 Å². The fraction of sp³-hybridized carbons (Fsp3) is 0.341. The van der Waals surface area contributed by atoms with E-state index in [1.807, 2.05) is 91.0 Å². The molecule has 0 aromatic heterocycles. The number of carbonyl (C=O) groups is 3. The van der Waals surface area contributed by atoms with E-state index in [2.05, 4.69) is 13.8 Å². The number of ether oxygens (including phenoxy) is 2. The molecule has 2 aliphatic rings. The van der Waals surface area contributed by atoms with Crippen LogP contribution in [0.4, 0.5) is 0 Å². The van der Waals surface area contributed by atoms with Crippen LogP contribution in [-0.4, -0.2) is 36.5 Å². The normalized spacial score (nSPS) is 12.9. The van der Waals surface area contributed by atoms with Crippen LogP contribution in [0, 0.1) is 0 Å². The van der Waals surface area contributed by atoms with Crippen LogP contribution in [0.15, 0.2) is 103 Å². The van der Waals surface area contributed by atoms with Crippen LogP contribution in [0.2, 0.25) is 0 Å². The van der Waals surface area contributed by atoms with Crippen molar-refractivity contribution < 1.29 is 58.9 Å². The van der Waals surface area contributed by atoms with Crippen LogP contribution in [0.3, 0.4) is 0 Å². The van der Waals surface area contributed by atoms with Gasteiger partial charge in [-0.1, -0.05) is 113 Å². The number of hydrogen-bond acceptors (Lipinski definition) is 6. The van der Waals surface area contributed by atoms with Crippen LogP contribution in [-0.2, 0) is 12.8 Å². The number of aryl methyl sites for hydroxylation is 1. The number of benzene rings is 4. The molecule has 4 aromatic rings. The van der Waals surface area contributed by atoms with Crippen LogP contribution in [0.1, 0.15) is 119 Å². The molecule has 1 N–H and O–H groups in total. The van der Waals surface area contributed by atoms with E-state index in [0.29, 0.717) is 17.8 Å². The zero-order valence-corrected chi connectivity index (χ0v) is 32.6. The molecule has 0 fully saturated rings. The molecule has 0 radical (unpaired) electrons. The van der Waals surface area contributed by atoms with Gasteiger partial charge in [0.05, 0.1) is 13.2 Å². The van der Waals surface area contributed by atoms with Gasteiger partial charge in [-0.2, -0.15) is 0 Å². The molecule has 4 aromatic carbocycles. The minimum Gasteiger partial charge on any atom is -0.870 e. The summed E-state index contributed by atoms with van der Waals surface area (Å²) in [6, 6.07) is 30.9. The van der Waals surface area contributed by atoms with Gasteiger partial charge < -0.3 is 14.9 Å². The Morgan fingerprint density at radius 3 is 1.61 bits per heavy atom. The summed E-state index contributed by atoms with van der Waals surface area (Å²) < 4.78 is 11.3. The summed E-state index contributed by atoms with van der Waals surface area (Å²) in [5.74, 6) is 2.20. The molecular formula is C44H51NaO6. The van der Waals surface area contributed by atoms with E-state index < -0.39 is 0 Å². The maximum atomic E-state index is 12.4. The van der Waals surface area contributed by atoms with Crippen molar-refractivity contribution in [3.63, 3.8) is 0 Å². The minimum atomic E-state index is 0. The van der Waals surface area contributed by atoms with Gasteiger partial charge in [0.15, 0.2) is 11.6 Å². The summed E-state index contributed by atoms with van der Waals surface area (Å²) >= 11 is 0. The Morgan fingerprint density at radius 1 is 0.588 bits per heavy atom. The second kappa shape index (κ2) is 24.4. The molecule has 0 spiro atoms. The Hall–Kier alpha value is -3.81. The van der Waals surface area contributed by atoms with Crippen LogP contribution < -0.4 is 39.0 Å². The molecule has 0 saturated carbocycles. The number of Topliss-reactive ketones (excluding diaryl/α,β-unsaturated/α-hetero) is 2. The molecule has 0 bridgehead atoms. The van der Waals surface area contributed by atoms with Crippen molar-refractivity contribution in [3.05, 3.63) is 136 Å². The summed E-state index contributed by atoms with van der Waals surface area (Å²) in [5.41, 5.74) is 6.72. The van der Waals surface area contributed by atoms with Gasteiger partial charge in [-0.05, 0) is 78.4 Å². The third-order valence-electron chi connectivity index (χ3n) is 8.64. The molecule has 0 atom stereocenters. The van der Waals surface area contributed by atoms with Crippen molar-refractivity contribution in [2.75, 3.05) is 13.2 Å². The van der Waals surface area contributed by atoms with Crippen LogP contribution >= 0.6 is 0 Å². The van der Waals surface area contributed by atoms with Gasteiger partial charge in [-0.3, -0.25) is 14.4 Å². The topological polar surface area (TPSA) is 99.7 Å². The quantitative estimate of drug-likeness (QED) is 0.0583. The summed E-state index contributed by atoms with van der Waals surface area (Å²) in [6.07, 6.45) is 14.9. The maximum Gasteiger partial charge on any atom is 1.00 e. The Balaban J connectivity index is 0.000000286. The first kappa shape index (κ1) is 43.4. The molecular weight excluding hydrogens is 647 g/mol. The largest absolute Gasteiger partial charge is 1.00 e. The third-order valence-corrected chi connectivity index (χ3v) is 8.64. The zero-order valence-electron chi connectivity index (χ0n) is 30.6. The fourth-order valence-corrected chi connectivity index (χ4v) is 5.81. The number of rotatable bonds is 14. The predicted octanol–water partition coefficient (Wildman–Crippen LogP) is 7.57. The van der Waals surface area contributed by atoms with E-state index in [9.17, 15) is 14.4 Å². The molecule has 7 heteroatoms. The molecule has 0 heterocycles. The standard InChI is InChI=1S/C22H24O2.C13H18O2.C9H8O.Na.H2O/c1-2-3-4-7-14-24-20-12-10-17(11-13-20)15-19-16-18-8-5-6-9-21(18)22(19)23;1-2-3-4-5-10-15-13-8-6-12(11-14)7-9-13;10-9-6-5-7-3-1-2-4-8(7)9;;/h5-6,8-13,15H,2-4,7,14,16H2,1H3;6-9,11H,2-5,10H2,1H3;1-4H,5-6H2;;1H2/q;;;+1;/p-1/b19-15+;;;;. The SMILES string of the molecule is CCCCCCOc1ccc(/C=C2\Cc3ccccc3C2=O)cc1.CCCCCCOc1ccc(C=O)cc1.O=C1CCc2ccccc21.[Na+].[OH-]. The van der Waals surface area contributed by atoms with Crippen LogP contribution in [0.5, 0.6) is 11.5 Å². The van der Waals surface area contributed by atoms with Gasteiger partial charge in [0.2, 0.25) is 0 Å². The third kappa shape index (κ3) is 14.4. The first-order valence-electron chi connectivity index (χ1n) is 17.9. The van der Waals surface area contributed by atoms with Crippen molar-refractivity contribution in [1.82, 2.24) is 0 Å². The van der Waals surface area contributed by atoms with E-state index in [0.717, 1.165) is 84.5 Å². The number of allylic oxidation sites excluding steroid dienone is 1. The van der Waals surface area contributed by atoms with Gasteiger partial charge in [-0.25, -0.2) is 0 Å². The van der Waals surface area contributed by atoms with Crippen molar-refractivity contribution >= 4 is 23.9 Å². The summed E-state index contributed by atoms with van der Waals surface area (Å²) in [5, 5.41) is 0. The van der Waals surface area contributed by atoms with Gasteiger partial charge >= 0.3 is 29.6 Å². The zero-order chi connectivity index (χ0) is 34.7. The number of unbranched alkanes of at least 4 members (excludes halogenated alkanes) is 6. The Bertz CT molecular complexity index is 1660. The average molecular weight is 699 g/mol. The molecule has 0 amide bonds. The van der Waals surface area contributed by atoms with Crippen molar-refractivity contribution in [2.24, 2.45) is 0 Å². The summed E-state index contributed by atoms with van der Waals surface area (Å²) in [4.78, 5) is 33.9. The predicted molar refractivity (Wildman–Crippen MR) is 201 cm³/mol. The van der Waals surface area contributed by atoms with E-state index in [1.165, 1.54) is 44.1 Å². The summed E-state index contributed by atoms with van der Waals surface area (Å²) in [6.45, 7) is 5.94. The minimum absolute atomic E-state index is 0. The summed E-state index contributed by atoms with van der Waals surface area (Å²) in [7, 11) is 0. The molecule has 0 aliphatic heterocycles. The number of ketones is 2. The molecule has 51 heavy (non-hydrogen) atoms. The number of hydrogen-bond donors (Lipinski definition) is 0. The van der Waals surface area contributed by atoms with E-state index in [4.69, 9.17) is 9.47 Å². The molecule has 0 unspecified atom stereocenters. The van der Waals surface area contributed by atoms with Gasteiger partial charge in [-0.15, -0.1) is 0 Å². The van der Waals surface area contributed by atoms with E-state index >= 15 is 0 Å². The number of carbonyl (C=O) groups excluding carboxylic acids is 3. The molecule has 2 aliphatic carbocycles. The number of aldehydes is 1. The van der Waals surface area contributed by atoms with E-state index in [-0.39, 0.29) is 40.8 Å². The Kier molecular flexibility index (Phi) is 20.7. The van der Waals surface area contributed by atoms with Gasteiger partial charge in [0.1, 0.15) is 17.8 Å². The second-order valence-corrected chi connectivity index (χ2v) is 12.5. The van der Waals surface area contributed by atoms with Crippen molar-refractivity contribution in [1.29, 1.82) is 0 Å². The monoisotopic (exact) mass is 698 g/mol. The molecule has 6 rings (SSSR count). The smallest absolute Gasteiger partial charge is 0.870 e. The fourth-order valence-electron chi connectivity index (χ4n) is 5.81. The van der Waals surface area contributed by atoms with E-state index in [1.54, 1.807) is 12.1 Å². The van der Waals surface area contributed by atoms with Crippen molar-refractivity contribution in [2.45, 2.75) is 84.5 Å². The molecule has 264 valence electrons. The van der Waals surface area contributed by atoms with Crippen molar-refractivity contribution in [3.8, 4) is 11.5 Å². The van der Waals surface area contributed by atoms with Crippen LogP contribution in [0.25, 0.3) is 6.08 Å². The maximum absolute atomic E-state index is 12.4. The second-order valence-electron chi connectivity index (χ2n) is 12.5.